The highest BCUT2D eigenvalue weighted by Crippen LogP contribution is 2.45. The SMILES string of the molecule is CC(C)(C)OC(=O)C(=O)O[C@@H]1N(C(=O)O)CC12CCNCC2. The van der Waals surface area contributed by atoms with E-state index in [0.29, 0.717) is 19.4 Å². The van der Waals surface area contributed by atoms with Crippen molar-refractivity contribution in [2.75, 3.05) is 19.6 Å². The van der Waals surface area contributed by atoms with Gasteiger partial charge in [-0.2, -0.15) is 0 Å². The van der Waals surface area contributed by atoms with Gasteiger partial charge >= 0.3 is 18.0 Å². The maximum Gasteiger partial charge on any atom is 0.419 e. The average molecular weight is 314 g/mol. The van der Waals surface area contributed by atoms with Crippen molar-refractivity contribution in [3.8, 4) is 0 Å². The van der Waals surface area contributed by atoms with Gasteiger partial charge in [0.2, 0.25) is 0 Å². The van der Waals surface area contributed by atoms with Gasteiger partial charge in [-0.1, -0.05) is 0 Å². The van der Waals surface area contributed by atoms with Crippen LogP contribution in [0.3, 0.4) is 0 Å². The summed E-state index contributed by atoms with van der Waals surface area (Å²) in [6.45, 7) is 6.69. The standard InChI is InChI=1S/C14H22N2O6/c1-13(2,3)22-10(18)9(17)21-11-14(4-6-15-7-5-14)8-16(11)12(19)20/h11,15H,4-8H2,1-3H3,(H,19,20)/t11-/m0/s1. The molecule has 1 spiro atoms. The molecular weight excluding hydrogens is 292 g/mol. The third-order valence-electron chi connectivity index (χ3n) is 3.92. The van der Waals surface area contributed by atoms with E-state index in [2.05, 4.69) is 5.32 Å². The smallest absolute Gasteiger partial charge is 0.419 e. The van der Waals surface area contributed by atoms with Crippen molar-refractivity contribution >= 4 is 18.0 Å². The molecule has 8 nitrogen and oxygen atoms in total. The quantitative estimate of drug-likeness (QED) is 0.538. The van der Waals surface area contributed by atoms with E-state index in [1.54, 1.807) is 20.8 Å². The van der Waals surface area contributed by atoms with Gasteiger partial charge in [0.25, 0.3) is 0 Å². The minimum Gasteiger partial charge on any atom is -0.465 e. The van der Waals surface area contributed by atoms with Gasteiger partial charge in [0.15, 0.2) is 6.23 Å². The summed E-state index contributed by atoms with van der Waals surface area (Å²) >= 11 is 0. The Bertz CT molecular complexity index is 478. The molecule has 2 fully saturated rings. The minimum absolute atomic E-state index is 0.316. The molecular formula is C14H22N2O6. The second kappa shape index (κ2) is 5.75. The molecule has 2 aliphatic rings. The lowest BCUT2D eigenvalue weighted by molar-refractivity contribution is -0.221. The highest BCUT2D eigenvalue weighted by Gasteiger charge is 2.57. The van der Waals surface area contributed by atoms with Crippen LogP contribution in [0.15, 0.2) is 0 Å². The molecule has 124 valence electrons. The van der Waals surface area contributed by atoms with Gasteiger partial charge in [-0.05, 0) is 46.7 Å². The average Bonchev–Trinajstić information content (AvgIpc) is 2.41. The Labute approximate surface area is 128 Å². The van der Waals surface area contributed by atoms with Gasteiger partial charge in [0, 0.05) is 12.0 Å². The molecule has 1 amide bonds. The van der Waals surface area contributed by atoms with Crippen LogP contribution in [0.4, 0.5) is 4.79 Å². The van der Waals surface area contributed by atoms with Crippen molar-refractivity contribution in [2.24, 2.45) is 5.41 Å². The topological polar surface area (TPSA) is 105 Å². The van der Waals surface area contributed by atoms with Crippen molar-refractivity contribution in [1.82, 2.24) is 10.2 Å². The zero-order chi connectivity index (χ0) is 16.5. The fraction of sp³-hybridized carbons (Fsp3) is 0.786. The number of carboxylic acid groups (broad SMARTS) is 1. The highest BCUT2D eigenvalue weighted by molar-refractivity contribution is 6.29. The van der Waals surface area contributed by atoms with Crippen molar-refractivity contribution in [3.05, 3.63) is 0 Å². The monoisotopic (exact) mass is 314 g/mol. The number of rotatable bonds is 1. The fourth-order valence-corrected chi connectivity index (χ4v) is 2.87. The Morgan fingerprint density at radius 3 is 2.27 bits per heavy atom. The van der Waals surface area contributed by atoms with E-state index in [4.69, 9.17) is 14.6 Å². The number of likely N-dealkylation sites (tertiary alicyclic amines) is 1. The molecule has 0 aliphatic carbocycles. The number of nitrogens with zero attached hydrogens (tertiary/aromatic N) is 1. The molecule has 0 saturated carbocycles. The first-order valence-corrected chi connectivity index (χ1v) is 7.29. The Hall–Kier alpha value is -1.83. The molecule has 2 saturated heterocycles. The van der Waals surface area contributed by atoms with Gasteiger partial charge in [0.05, 0.1) is 0 Å². The summed E-state index contributed by atoms with van der Waals surface area (Å²) in [5.41, 5.74) is -1.21. The second-order valence-corrected chi connectivity index (χ2v) is 6.78. The maximum absolute atomic E-state index is 11.9. The molecule has 2 heterocycles. The number of carbonyl (C=O) groups is 3. The number of carbonyl (C=O) groups excluding carboxylic acids is 2. The van der Waals surface area contributed by atoms with Crippen LogP contribution in [0, 0.1) is 5.41 Å². The number of hydrogen-bond donors (Lipinski definition) is 2. The predicted molar refractivity (Wildman–Crippen MR) is 75.0 cm³/mol. The molecule has 0 aromatic heterocycles. The summed E-state index contributed by atoms with van der Waals surface area (Å²) in [6, 6.07) is 0. The summed E-state index contributed by atoms with van der Waals surface area (Å²) in [7, 11) is 0. The Morgan fingerprint density at radius 1 is 1.18 bits per heavy atom. The Morgan fingerprint density at radius 2 is 1.77 bits per heavy atom. The van der Waals surface area contributed by atoms with E-state index in [1.807, 2.05) is 0 Å². The molecule has 0 aromatic rings. The van der Waals surface area contributed by atoms with Crippen molar-refractivity contribution in [1.29, 1.82) is 0 Å². The summed E-state index contributed by atoms with van der Waals surface area (Å²) in [4.78, 5) is 35.8. The van der Waals surface area contributed by atoms with Gasteiger partial charge in [-0.15, -0.1) is 0 Å². The van der Waals surface area contributed by atoms with E-state index in [0.717, 1.165) is 18.0 Å². The summed E-state index contributed by atoms with van der Waals surface area (Å²) < 4.78 is 10.1. The van der Waals surface area contributed by atoms with Crippen molar-refractivity contribution in [2.45, 2.75) is 45.4 Å². The molecule has 22 heavy (non-hydrogen) atoms. The van der Waals surface area contributed by atoms with Gasteiger partial charge in [-0.25, -0.2) is 14.4 Å². The minimum atomic E-state index is -1.16. The molecule has 0 unspecified atom stereocenters. The molecule has 0 radical (unpaired) electrons. The van der Waals surface area contributed by atoms with Crippen LogP contribution in [0.5, 0.6) is 0 Å². The number of piperidine rings is 1. The summed E-state index contributed by atoms with van der Waals surface area (Å²) in [5, 5.41) is 12.3. The van der Waals surface area contributed by atoms with Crippen LogP contribution < -0.4 is 5.32 Å². The van der Waals surface area contributed by atoms with E-state index in [1.165, 1.54) is 0 Å². The zero-order valence-electron chi connectivity index (χ0n) is 13.0. The van der Waals surface area contributed by atoms with Crippen LogP contribution in [0.1, 0.15) is 33.6 Å². The number of nitrogens with one attached hydrogen (secondary N) is 1. The molecule has 8 heteroatoms. The van der Waals surface area contributed by atoms with E-state index >= 15 is 0 Å². The van der Waals surface area contributed by atoms with Gasteiger partial charge in [-0.3, -0.25) is 4.90 Å². The zero-order valence-corrected chi connectivity index (χ0v) is 13.0. The van der Waals surface area contributed by atoms with E-state index in [9.17, 15) is 14.4 Å². The van der Waals surface area contributed by atoms with E-state index in [-0.39, 0.29) is 0 Å². The largest absolute Gasteiger partial charge is 0.465 e. The first kappa shape index (κ1) is 16.5. The van der Waals surface area contributed by atoms with Crippen molar-refractivity contribution in [3.63, 3.8) is 0 Å². The van der Waals surface area contributed by atoms with Crippen LogP contribution in [-0.2, 0) is 19.1 Å². The third kappa shape index (κ3) is 3.32. The van der Waals surface area contributed by atoms with Crippen LogP contribution in [-0.4, -0.2) is 59.5 Å². The molecule has 2 aliphatic heterocycles. The number of esters is 2. The first-order valence-electron chi connectivity index (χ1n) is 7.29. The van der Waals surface area contributed by atoms with Gasteiger partial charge < -0.3 is 19.9 Å². The molecule has 1 atom stereocenters. The maximum atomic E-state index is 11.9. The normalized spacial score (nSPS) is 23.6. The van der Waals surface area contributed by atoms with E-state index < -0.39 is 35.3 Å². The number of hydrogen-bond acceptors (Lipinski definition) is 6. The lowest BCUT2D eigenvalue weighted by atomic mass is 9.70. The predicted octanol–water partition coefficient (Wildman–Crippen LogP) is 0.561. The molecule has 0 aromatic carbocycles. The Balaban J connectivity index is 2.04. The number of ether oxygens (including phenoxy) is 2. The summed E-state index contributed by atoms with van der Waals surface area (Å²) in [6.07, 6.45) is -0.690. The third-order valence-corrected chi connectivity index (χ3v) is 3.92. The van der Waals surface area contributed by atoms with Gasteiger partial charge in [0.1, 0.15) is 5.60 Å². The Kier molecular flexibility index (Phi) is 4.32. The van der Waals surface area contributed by atoms with Crippen molar-refractivity contribution < 1.29 is 29.0 Å². The lowest BCUT2D eigenvalue weighted by Gasteiger charge is -2.56. The first-order chi connectivity index (χ1) is 10.1. The van der Waals surface area contributed by atoms with Crippen LogP contribution >= 0.6 is 0 Å². The molecule has 0 bridgehead atoms. The number of amides is 1. The molecule has 2 rings (SSSR count). The fourth-order valence-electron chi connectivity index (χ4n) is 2.87. The van der Waals surface area contributed by atoms with Crippen LogP contribution in [0.25, 0.3) is 0 Å². The lowest BCUT2D eigenvalue weighted by Crippen LogP contribution is -2.69. The highest BCUT2D eigenvalue weighted by atomic mass is 16.6. The summed E-state index contributed by atoms with van der Waals surface area (Å²) in [5.74, 6) is -2.25. The second-order valence-electron chi connectivity index (χ2n) is 6.78. The molecule has 2 N–H and O–H groups in total. The van der Waals surface area contributed by atoms with Crippen LogP contribution in [0.2, 0.25) is 0 Å².